The van der Waals surface area contributed by atoms with Gasteiger partial charge in [0, 0.05) is 12.8 Å². The topological polar surface area (TPSA) is 136 Å². The zero-order valence-corrected chi connectivity index (χ0v) is 12.9. The number of allylic oxidation sites excluding steroid dienone is 2. The highest BCUT2D eigenvalue weighted by molar-refractivity contribution is 7.81. The molecule has 0 amide bonds. The van der Waals surface area contributed by atoms with Crippen molar-refractivity contribution < 1.29 is 39.0 Å². The minimum absolute atomic E-state index is 0.212. The third-order valence-corrected chi connectivity index (χ3v) is 2.88. The third-order valence-electron chi connectivity index (χ3n) is 1.95. The van der Waals surface area contributed by atoms with Crippen LogP contribution in [0.4, 0.5) is 0 Å². The highest BCUT2D eigenvalue weighted by atomic mass is 32.3. The SMILES string of the molecule is C=C(CCCOS(=O)(=O)O)OC(=C)CCCOS(=O)(=O)O. The molecule has 0 fully saturated rings. The normalized spacial score (nSPS) is 12.1. The highest BCUT2D eigenvalue weighted by Crippen LogP contribution is 2.13. The van der Waals surface area contributed by atoms with Gasteiger partial charge in [-0.3, -0.25) is 9.11 Å². The van der Waals surface area contributed by atoms with E-state index in [1.54, 1.807) is 0 Å². The van der Waals surface area contributed by atoms with Crippen molar-refractivity contribution in [1.82, 2.24) is 0 Å². The van der Waals surface area contributed by atoms with Crippen molar-refractivity contribution in [3.05, 3.63) is 24.7 Å². The molecule has 0 saturated heterocycles. The van der Waals surface area contributed by atoms with E-state index in [1.807, 2.05) is 0 Å². The van der Waals surface area contributed by atoms with Crippen LogP contribution in [0, 0.1) is 0 Å². The lowest BCUT2D eigenvalue weighted by Crippen LogP contribution is -2.06. The van der Waals surface area contributed by atoms with E-state index in [0.29, 0.717) is 11.5 Å². The fraction of sp³-hybridized carbons (Fsp3) is 0.600. The van der Waals surface area contributed by atoms with Crippen LogP contribution in [0.25, 0.3) is 0 Å². The number of hydrogen-bond donors (Lipinski definition) is 2. The molecule has 0 bridgehead atoms. The zero-order valence-electron chi connectivity index (χ0n) is 11.2. The van der Waals surface area contributed by atoms with Crippen molar-refractivity contribution in [3.8, 4) is 0 Å². The summed E-state index contributed by atoms with van der Waals surface area (Å²) in [4.78, 5) is 0. The van der Waals surface area contributed by atoms with Gasteiger partial charge in [0.25, 0.3) is 0 Å². The van der Waals surface area contributed by atoms with Crippen molar-refractivity contribution in [3.63, 3.8) is 0 Å². The van der Waals surface area contributed by atoms with Gasteiger partial charge in [-0.25, -0.2) is 8.37 Å². The minimum Gasteiger partial charge on any atom is -0.467 e. The predicted molar refractivity (Wildman–Crippen MR) is 72.8 cm³/mol. The largest absolute Gasteiger partial charge is 0.467 e. The lowest BCUT2D eigenvalue weighted by atomic mass is 10.2. The van der Waals surface area contributed by atoms with Crippen LogP contribution in [0.5, 0.6) is 0 Å². The lowest BCUT2D eigenvalue weighted by Gasteiger charge is -2.10. The first kappa shape index (κ1) is 20.0. The molecular weight excluding hydrogens is 328 g/mol. The molecule has 21 heavy (non-hydrogen) atoms. The van der Waals surface area contributed by atoms with E-state index < -0.39 is 20.8 Å². The molecule has 0 spiro atoms. The van der Waals surface area contributed by atoms with Gasteiger partial charge >= 0.3 is 20.8 Å². The van der Waals surface area contributed by atoms with Crippen molar-refractivity contribution in [2.45, 2.75) is 25.7 Å². The molecule has 9 nitrogen and oxygen atoms in total. The summed E-state index contributed by atoms with van der Waals surface area (Å²) in [5, 5.41) is 0. The first-order valence-electron chi connectivity index (χ1n) is 5.76. The zero-order chi connectivity index (χ0) is 16.5. The summed E-state index contributed by atoms with van der Waals surface area (Å²) in [6.45, 7) is 6.73. The molecule has 0 aliphatic rings. The van der Waals surface area contributed by atoms with Gasteiger partial charge in [-0.1, -0.05) is 13.2 Å². The Morgan fingerprint density at radius 1 is 0.810 bits per heavy atom. The molecule has 2 N–H and O–H groups in total. The number of rotatable bonds is 12. The molecule has 0 saturated carbocycles. The van der Waals surface area contributed by atoms with Crippen LogP contribution in [0.3, 0.4) is 0 Å². The van der Waals surface area contributed by atoms with Gasteiger partial charge in [0.15, 0.2) is 0 Å². The van der Waals surface area contributed by atoms with Gasteiger partial charge in [-0.2, -0.15) is 16.8 Å². The summed E-state index contributed by atoms with van der Waals surface area (Å²) in [6, 6.07) is 0. The molecule has 0 aromatic rings. The molecule has 0 aliphatic heterocycles. The first-order chi connectivity index (χ1) is 9.49. The van der Waals surface area contributed by atoms with Gasteiger partial charge in [0.2, 0.25) is 0 Å². The van der Waals surface area contributed by atoms with E-state index >= 15 is 0 Å². The molecule has 0 aliphatic carbocycles. The molecule has 11 heteroatoms. The van der Waals surface area contributed by atoms with E-state index in [2.05, 4.69) is 21.5 Å². The molecule has 0 aromatic heterocycles. The van der Waals surface area contributed by atoms with Crippen LogP contribution < -0.4 is 0 Å². The van der Waals surface area contributed by atoms with Crippen LogP contribution >= 0.6 is 0 Å². The summed E-state index contributed by atoms with van der Waals surface area (Å²) >= 11 is 0. The van der Waals surface area contributed by atoms with Crippen LogP contribution in [0.15, 0.2) is 24.7 Å². The monoisotopic (exact) mass is 346 g/mol. The Hall–Kier alpha value is -0.980. The van der Waals surface area contributed by atoms with Crippen molar-refractivity contribution in [2.24, 2.45) is 0 Å². The smallest absolute Gasteiger partial charge is 0.397 e. The molecular formula is C10H18O9S2. The summed E-state index contributed by atoms with van der Waals surface area (Å²) in [5.41, 5.74) is 0. The molecule has 0 aromatic carbocycles. The maximum absolute atomic E-state index is 10.3. The standard InChI is InChI=1S/C10H18O9S2/c1-9(5-3-7-17-20(11,12)13)19-10(2)6-4-8-18-21(14,15)16/h1-8H2,(H,11,12,13)(H,14,15,16). The van der Waals surface area contributed by atoms with Gasteiger partial charge < -0.3 is 4.74 Å². The number of ether oxygens (including phenoxy) is 1. The van der Waals surface area contributed by atoms with Gasteiger partial charge in [0.05, 0.1) is 24.7 Å². The minimum atomic E-state index is -4.44. The molecule has 0 unspecified atom stereocenters. The summed E-state index contributed by atoms with van der Waals surface area (Å²) < 4.78 is 71.1. The first-order valence-corrected chi connectivity index (χ1v) is 8.50. The lowest BCUT2D eigenvalue weighted by molar-refractivity contribution is 0.233. The van der Waals surface area contributed by atoms with Gasteiger partial charge in [-0.05, 0) is 12.8 Å². The Morgan fingerprint density at radius 3 is 1.43 bits per heavy atom. The van der Waals surface area contributed by atoms with Crippen LogP contribution in [-0.2, 0) is 33.9 Å². The van der Waals surface area contributed by atoms with E-state index in [0.717, 1.165) is 0 Å². The predicted octanol–water partition coefficient (Wildman–Crippen LogP) is 1.23. The second-order valence-electron chi connectivity index (χ2n) is 3.89. The molecule has 0 rings (SSSR count). The molecule has 124 valence electrons. The summed E-state index contributed by atoms with van der Waals surface area (Å²) in [5.74, 6) is 0.629. The fourth-order valence-electron chi connectivity index (χ4n) is 1.17. The van der Waals surface area contributed by atoms with Gasteiger partial charge in [-0.15, -0.1) is 0 Å². The second kappa shape index (κ2) is 9.12. The maximum Gasteiger partial charge on any atom is 0.397 e. The second-order valence-corrected chi connectivity index (χ2v) is 6.07. The Kier molecular flexibility index (Phi) is 8.70. The van der Waals surface area contributed by atoms with E-state index in [4.69, 9.17) is 13.8 Å². The fourth-order valence-corrected chi connectivity index (χ4v) is 1.83. The Bertz CT molecular complexity index is 497. The van der Waals surface area contributed by atoms with Crippen molar-refractivity contribution in [1.29, 1.82) is 0 Å². The quantitative estimate of drug-likeness (QED) is 0.303. The maximum atomic E-state index is 10.3. The Morgan fingerprint density at radius 2 is 1.14 bits per heavy atom. The Balaban J connectivity index is 3.73. The van der Waals surface area contributed by atoms with Crippen molar-refractivity contribution >= 4 is 20.8 Å². The van der Waals surface area contributed by atoms with Crippen LogP contribution in [0.2, 0.25) is 0 Å². The molecule has 0 radical (unpaired) electrons. The third kappa shape index (κ3) is 15.2. The molecule has 0 atom stereocenters. The van der Waals surface area contributed by atoms with E-state index in [-0.39, 0.29) is 38.9 Å². The van der Waals surface area contributed by atoms with Gasteiger partial charge in [0.1, 0.15) is 0 Å². The van der Waals surface area contributed by atoms with E-state index in [1.165, 1.54) is 0 Å². The highest BCUT2D eigenvalue weighted by Gasteiger charge is 2.06. The van der Waals surface area contributed by atoms with E-state index in [9.17, 15) is 16.8 Å². The Labute approximate surface area is 124 Å². The number of hydrogen-bond acceptors (Lipinski definition) is 7. The average Bonchev–Trinajstić information content (AvgIpc) is 2.28. The van der Waals surface area contributed by atoms with Crippen LogP contribution in [0.1, 0.15) is 25.7 Å². The molecule has 0 heterocycles. The summed E-state index contributed by atoms with van der Waals surface area (Å²) in [7, 11) is -8.89. The summed E-state index contributed by atoms with van der Waals surface area (Å²) in [6.07, 6.45) is 1.10. The van der Waals surface area contributed by atoms with Crippen molar-refractivity contribution in [2.75, 3.05) is 13.2 Å². The average molecular weight is 346 g/mol. The van der Waals surface area contributed by atoms with Crippen LogP contribution in [-0.4, -0.2) is 39.2 Å².